The Labute approximate surface area is 122 Å². The van der Waals surface area contributed by atoms with Crippen molar-refractivity contribution in [3.8, 4) is 11.5 Å². The molecule has 0 saturated heterocycles. The second-order valence-electron chi connectivity index (χ2n) is 4.75. The van der Waals surface area contributed by atoms with Crippen LogP contribution in [-0.2, 0) is 9.59 Å². The summed E-state index contributed by atoms with van der Waals surface area (Å²) in [5.74, 6) is -0.141. The minimum atomic E-state index is -0.698. The average Bonchev–Trinajstić information content (AvgIpc) is 2.68. The molecule has 0 fully saturated rings. The number of rotatable bonds is 4. The molecule has 1 aliphatic rings. The van der Waals surface area contributed by atoms with Gasteiger partial charge in [-0.15, -0.1) is 0 Å². The van der Waals surface area contributed by atoms with Crippen LogP contribution in [0.1, 0.15) is 18.5 Å². The van der Waals surface area contributed by atoms with Crippen molar-refractivity contribution in [1.82, 2.24) is 4.90 Å². The molecule has 0 radical (unpaired) electrons. The monoisotopic (exact) mass is 291 g/mol. The number of Topliss-reactive ketones (excluding diaryl/α,β-unsaturated/α-hetero) is 1. The van der Waals surface area contributed by atoms with E-state index in [1.54, 1.807) is 18.2 Å². The van der Waals surface area contributed by atoms with E-state index in [1.807, 2.05) is 0 Å². The summed E-state index contributed by atoms with van der Waals surface area (Å²) in [7, 11) is 4.56. The number of aliphatic hydroxyl groups is 1. The number of amides is 1. The zero-order valence-corrected chi connectivity index (χ0v) is 12.3. The van der Waals surface area contributed by atoms with Gasteiger partial charge in [0.2, 0.25) is 0 Å². The number of ketones is 1. The minimum absolute atomic E-state index is 0.169. The summed E-state index contributed by atoms with van der Waals surface area (Å²) in [6, 6.07) is 4.38. The van der Waals surface area contributed by atoms with Crippen molar-refractivity contribution in [1.29, 1.82) is 0 Å². The quantitative estimate of drug-likeness (QED) is 0.853. The van der Waals surface area contributed by atoms with Crippen LogP contribution in [0.5, 0.6) is 11.5 Å². The molecule has 2 rings (SSSR count). The Balaban J connectivity index is 2.51. The molecule has 1 atom stereocenters. The van der Waals surface area contributed by atoms with Crippen LogP contribution in [0.15, 0.2) is 29.5 Å². The van der Waals surface area contributed by atoms with Crippen LogP contribution in [0.3, 0.4) is 0 Å². The van der Waals surface area contributed by atoms with Crippen LogP contribution in [0, 0.1) is 0 Å². The summed E-state index contributed by atoms with van der Waals surface area (Å²) in [4.78, 5) is 24.9. The number of carbonyl (C=O) groups is 2. The molecule has 0 aromatic heterocycles. The number of hydrogen-bond donors (Lipinski definition) is 1. The Morgan fingerprint density at radius 1 is 1.24 bits per heavy atom. The molecular formula is C15H17NO5. The second-order valence-corrected chi connectivity index (χ2v) is 4.75. The van der Waals surface area contributed by atoms with Crippen molar-refractivity contribution >= 4 is 11.7 Å². The second kappa shape index (κ2) is 5.47. The third kappa shape index (κ3) is 2.33. The van der Waals surface area contributed by atoms with E-state index in [0.717, 1.165) is 0 Å². The molecule has 1 aromatic carbocycles. The molecule has 1 unspecified atom stereocenters. The first-order chi connectivity index (χ1) is 9.92. The third-order valence-corrected chi connectivity index (χ3v) is 3.51. The van der Waals surface area contributed by atoms with Gasteiger partial charge in [0.25, 0.3) is 5.91 Å². The van der Waals surface area contributed by atoms with Crippen LogP contribution in [0.2, 0.25) is 0 Å². The Morgan fingerprint density at radius 2 is 1.86 bits per heavy atom. The Morgan fingerprint density at radius 3 is 2.33 bits per heavy atom. The van der Waals surface area contributed by atoms with Gasteiger partial charge in [0, 0.05) is 7.05 Å². The van der Waals surface area contributed by atoms with Crippen molar-refractivity contribution in [2.75, 3.05) is 21.3 Å². The van der Waals surface area contributed by atoms with E-state index in [-0.39, 0.29) is 11.3 Å². The van der Waals surface area contributed by atoms with E-state index >= 15 is 0 Å². The lowest BCUT2D eigenvalue weighted by Crippen LogP contribution is -2.26. The van der Waals surface area contributed by atoms with Crippen molar-refractivity contribution in [2.24, 2.45) is 0 Å². The normalized spacial score (nSPS) is 18.2. The van der Waals surface area contributed by atoms with Crippen LogP contribution in [0.25, 0.3) is 0 Å². The predicted octanol–water partition coefficient (Wildman–Crippen LogP) is 1.62. The molecule has 0 saturated carbocycles. The van der Waals surface area contributed by atoms with Crippen molar-refractivity contribution in [3.05, 3.63) is 35.1 Å². The lowest BCUT2D eigenvalue weighted by Gasteiger charge is -2.22. The largest absolute Gasteiger partial charge is 0.509 e. The molecule has 1 N–H and O–H groups in total. The summed E-state index contributed by atoms with van der Waals surface area (Å²) in [6.45, 7) is 1.26. The summed E-state index contributed by atoms with van der Waals surface area (Å²) < 4.78 is 10.4. The zero-order chi connectivity index (χ0) is 15.7. The summed E-state index contributed by atoms with van der Waals surface area (Å²) in [5.41, 5.74) is 0.467. The summed E-state index contributed by atoms with van der Waals surface area (Å²) in [5, 5.41) is 10.2. The number of ether oxygens (including phenoxy) is 2. The maximum Gasteiger partial charge on any atom is 0.261 e. The van der Waals surface area contributed by atoms with Gasteiger partial charge in [-0.3, -0.25) is 9.59 Å². The van der Waals surface area contributed by atoms with Gasteiger partial charge in [0.05, 0.1) is 14.2 Å². The fourth-order valence-corrected chi connectivity index (χ4v) is 2.46. The van der Waals surface area contributed by atoms with Gasteiger partial charge in [0.15, 0.2) is 17.3 Å². The smallest absolute Gasteiger partial charge is 0.261 e. The third-order valence-electron chi connectivity index (χ3n) is 3.51. The minimum Gasteiger partial charge on any atom is -0.509 e. The van der Waals surface area contributed by atoms with Gasteiger partial charge in [-0.1, -0.05) is 6.07 Å². The highest BCUT2D eigenvalue weighted by Crippen LogP contribution is 2.38. The molecule has 1 amide bonds. The molecule has 1 heterocycles. The van der Waals surface area contributed by atoms with E-state index in [0.29, 0.717) is 17.1 Å². The predicted molar refractivity (Wildman–Crippen MR) is 75.4 cm³/mol. The van der Waals surface area contributed by atoms with Gasteiger partial charge in [0.1, 0.15) is 17.4 Å². The van der Waals surface area contributed by atoms with E-state index < -0.39 is 17.7 Å². The Kier molecular flexibility index (Phi) is 3.88. The zero-order valence-electron chi connectivity index (χ0n) is 12.3. The maximum absolute atomic E-state index is 12.0. The molecule has 6 heteroatoms. The van der Waals surface area contributed by atoms with Crippen molar-refractivity contribution in [3.63, 3.8) is 0 Å². The van der Waals surface area contributed by atoms with Gasteiger partial charge in [-0.2, -0.15) is 0 Å². The van der Waals surface area contributed by atoms with Gasteiger partial charge >= 0.3 is 0 Å². The summed E-state index contributed by atoms with van der Waals surface area (Å²) in [6.07, 6.45) is 0. The molecular weight excluding hydrogens is 274 g/mol. The van der Waals surface area contributed by atoms with E-state index in [2.05, 4.69) is 0 Å². The molecule has 6 nitrogen and oxygen atoms in total. The van der Waals surface area contributed by atoms with Gasteiger partial charge < -0.3 is 19.5 Å². The van der Waals surface area contributed by atoms with Gasteiger partial charge in [-0.05, 0) is 24.6 Å². The first-order valence-electron chi connectivity index (χ1n) is 6.35. The highest BCUT2D eigenvalue weighted by Gasteiger charge is 2.40. The molecule has 0 aliphatic carbocycles. The van der Waals surface area contributed by atoms with Gasteiger partial charge in [-0.25, -0.2) is 0 Å². The highest BCUT2D eigenvalue weighted by molar-refractivity contribution is 6.20. The SMILES string of the molecule is COc1ccc(C2C(O)=C(C(C)=O)C(=O)N2C)cc1OC. The average molecular weight is 291 g/mol. The number of carbonyl (C=O) groups excluding carboxylic acids is 2. The standard InChI is InChI=1S/C15H17NO5/c1-8(17)12-14(18)13(16(2)15(12)19)9-5-6-10(20-3)11(7-9)21-4/h5-7,13,18H,1-4H3. The Bertz CT molecular complexity index is 635. The van der Waals surface area contributed by atoms with Crippen molar-refractivity contribution in [2.45, 2.75) is 13.0 Å². The number of hydrogen-bond acceptors (Lipinski definition) is 5. The summed E-state index contributed by atoms with van der Waals surface area (Å²) >= 11 is 0. The number of nitrogens with zero attached hydrogens (tertiary/aromatic N) is 1. The van der Waals surface area contributed by atoms with Crippen LogP contribution in [0.4, 0.5) is 0 Å². The number of benzene rings is 1. The van der Waals surface area contributed by atoms with Crippen LogP contribution >= 0.6 is 0 Å². The molecule has 21 heavy (non-hydrogen) atoms. The molecule has 0 spiro atoms. The molecule has 112 valence electrons. The maximum atomic E-state index is 12.0. The number of likely N-dealkylation sites (N-methyl/N-ethyl adjacent to an activating group) is 1. The fourth-order valence-electron chi connectivity index (χ4n) is 2.46. The topological polar surface area (TPSA) is 76.1 Å². The van der Waals surface area contributed by atoms with Crippen molar-refractivity contribution < 1.29 is 24.2 Å². The lowest BCUT2D eigenvalue weighted by atomic mass is 10.0. The molecule has 0 bridgehead atoms. The first-order valence-corrected chi connectivity index (χ1v) is 6.35. The van der Waals surface area contributed by atoms with E-state index in [4.69, 9.17) is 9.47 Å². The fraction of sp³-hybridized carbons (Fsp3) is 0.333. The molecule has 1 aromatic rings. The van der Waals surface area contributed by atoms with Crippen LogP contribution in [-0.4, -0.2) is 43.0 Å². The molecule has 1 aliphatic heterocycles. The van der Waals surface area contributed by atoms with E-state index in [9.17, 15) is 14.7 Å². The van der Waals surface area contributed by atoms with Crippen LogP contribution < -0.4 is 9.47 Å². The number of methoxy groups -OCH3 is 2. The highest BCUT2D eigenvalue weighted by atomic mass is 16.5. The Hall–Kier alpha value is -2.50. The lowest BCUT2D eigenvalue weighted by molar-refractivity contribution is -0.127. The number of aliphatic hydroxyl groups excluding tert-OH is 1. The van der Waals surface area contributed by atoms with E-state index in [1.165, 1.54) is 33.1 Å². The first kappa shape index (κ1) is 14.9.